The Hall–Kier alpha value is -0.950. The average Bonchev–Trinajstić information content (AvgIpc) is 2.71. The van der Waals surface area contributed by atoms with Crippen molar-refractivity contribution in [2.45, 2.75) is 26.0 Å². The number of ether oxygens (including phenoxy) is 2. The van der Waals surface area contributed by atoms with Gasteiger partial charge in [0.05, 0.1) is 13.2 Å². The number of carbonyl (C=O) groups is 1. The number of carboxylic acids is 1. The highest BCUT2D eigenvalue weighted by atomic mass is 32.1. The summed E-state index contributed by atoms with van der Waals surface area (Å²) in [6.45, 7) is 7.67. The molecule has 0 saturated carbocycles. The Kier molecular flexibility index (Phi) is 4.80. The summed E-state index contributed by atoms with van der Waals surface area (Å²) in [6, 6.07) is 1.78. The molecule has 0 radical (unpaired) electrons. The van der Waals surface area contributed by atoms with E-state index in [0.29, 0.717) is 18.1 Å². The average molecular weight is 299 g/mol. The maximum absolute atomic E-state index is 11.0. The van der Waals surface area contributed by atoms with Gasteiger partial charge in [0.2, 0.25) is 0 Å². The molecule has 1 aromatic rings. The number of nitrogens with zero attached hydrogens (tertiary/aromatic N) is 1. The maximum atomic E-state index is 11.0. The fourth-order valence-electron chi connectivity index (χ4n) is 2.57. The first-order valence-corrected chi connectivity index (χ1v) is 7.43. The Morgan fingerprint density at radius 3 is 3.00 bits per heavy atom. The number of carboxylic acid groups (broad SMARTS) is 1. The molecule has 0 aromatic carbocycles. The van der Waals surface area contributed by atoms with Gasteiger partial charge in [0, 0.05) is 31.6 Å². The van der Waals surface area contributed by atoms with E-state index in [1.54, 1.807) is 13.2 Å². The number of aryl methyl sites for hydroxylation is 1. The molecule has 1 aliphatic rings. The summed E-state index contributed by atoms with van der Waals surface area (Å²) in [5.41, 5.74) is 0.807. The highest BCUT2D eigenvalue weighted by Crippen LogP contribution is 2.25. The van der Waals surface area contributed by atoms with Gasteiger partial charge in [-0.05, 0) is 25.5 Å². The minimum absolute atomic E-state index is 0.285. The van der Waals surface area contributed by atoms with E-state index >= 15 is 0 Å². The molecular weight excluding hydrogens is 278 g/mol. The van der Waals surface area contributed by atoms with E-state index in [0.717, 1.165) is 30.1 Å². The summed E-state index contributed by atoms with van der Waals surface area (Å²) >= 11 is 1.34. The van der Waals surface area contributed by atoms with Crippen molar-refractivity contribution < 1.29 is 19.4 Å². The largest absolute Gasteiger partial charge is 0.477 e. The number of methoxy groups -OCH3 is 1. The van der Waals surface area contributed by atoms with Crippen molar-refractivity contribution in [1.29, 1.82) is 0 Å². The van der Waals surface area contributed by atoms with Crippen molar-refractivity contribution in [2.24, 2.45) is 0 Å². The molecule has 112 valence electrons. The fourth-order valence-corrected chi connectivity index (χ4v) is 3.44. The molecule has 1 unspecified atom stereocenters. The van der Waals surface area contributed by atoms with Crippen LogP contribution >= 0.6 is 11.3 Å². The third-order valence-electron chi connectivity index (χ3n) is 3.49. The molecule has 20 heavy (non-hydrogen) atoms. The zero-order valence-corrected chi connectivity index (χ0v) is 13.0. The molecule has 0 aliphatic carbocycles. The van der Waals surface area contributed by atoms with Gasteiger partial charge in [0.1, 0.15) is 10.5 Å². The lowest BCUT2D eigenvalue weighted by molar-refractivity contribution is -0.129. The van der Waals surface area contributed by atoms with Crippen LogP contribution in [0.4, 0.5) is 0 Å². The van der Waals surface area contributed by atoms with Gasteiger partial charge in [-0.15, -0.1) is 11.3 Å². The first-order chi connectivity index (χ1) is 9.43. The summed E-state index contributed by atoms with van der Waals surface area (Å²) in [7, 11) is 1.68. The molecule has 1 fully saturated rings. The first kappa shape index (κ1) is 15.4. The van der Waals surface area contributed by atoms with Crippen LogP contribution in [-0.2, 0) is 16.0 Å². The third-order valence-corrected chi connectivity index (χ3v) is 4.57. The van der Waals surface area contributed by atoms with E-state index < -0.39 is 5.97 Å². The topological polar surface area (TPSA) is 59.0 Å². The van der Waals surface area contributed by atoms with E-state index in [4.69, 9.17) is 14.6 Å². The molecule has 0 bridgehead atoms. The van der Waals surface area contributed by atoms with Crippen LogP contribution in [0.5, 0.6) is 0 Å². The predicted molar refractivity (Wildman–Crippen MR) is 77.5 cm³/mol. The number of aromatic carboxylic acids is 1. The Morgan fingerprint density at radius 2 is 2.40 bits per heavy atom. The van der Waals surface area contributed by atoms with Crippen molar-refractivity contribution in [3.8, 4) is 0 Å². The maximum Gasteiger partial charge on any atom is 0.345 e. The molecule has 6 heteroatoms. The molecule has 1 N–H and O–H groups in total. The minimum Gasteiger partial charge on any atom is -0.477 e. The number of thiophene rings is 1. The predicted octanol–water partition coefficient (Wildman–Crippen LogP) is 1.99. The highest BCUT2D eigenvalue weighted by Gasteiger charge is 2.32. The van der Waals surface area contributed by atoms with Gasteiger partial charge in [0.25, 0.3) is 0 Å². The zero-order chi connectivity index (χ0) is 14.8. The van der Waals surface area contributed by atoms with Crippen LogP contribution in [0.2, 0.25) is 0 Å². The van der Waals surface area contributed by atoms with Crippen molar-refractivity contribution in [3.05, 3.63) is 21.4 Å². The molecule has 0 spiro atoms. The lowest BCUT2D eigenvalue weighted by atomic mass is 10.1. The highest BCUT2D eigenvalue weighted by molar-refractivity contribution is 7.14. The first-order valence-electron chi connectivity index (χ1n) is 6.61. The fraction of sp³-hybridized carbons (Fsp3) is 0.643. The van der Waals surface area contributed by atoms with Crippen LogP contribution in [0.1, 0.15) is 27.0 Å². The second-order valence-corrected chi connectivity index (χ2v) is 6.70. The summed E-state index contributed by atoms with van der Waals surface area (Å²) in [6.07, 6.45) is 0. The quantitative estimate of drug-likeness (QED) is 0.901. The van der Waals surface area contributed by atoms with Gasteiger partial charge < -0.3 is 14.6 Å². The van der Waals surface area contributed by atoms with Crippen molar-refractivity contribution in [2.75, 3.05) is 33.4 Å². The zero-order valence-electron chi connectivity index (χ0n) is 12.1. The van der Waals surface area contributed by atoms with Crippen LogP contribution in [0.15, 0.2) is 6.07 Å². The van der Waals surface area contributed by atoms with Crippen LogP contribution in [-0.4, -0.2) is 55.0 Å². The molecule has 1 aliphatic heterocycles. The van der Waals surface area contributed by atoms with E-state index in [-0.39, 0.29) is 5.60 Å². The summed E-state index contributed by atoms with van der Waals surface area (Å²) in [5.74, 6) is -0.851. The van der Waals surface area contributed by atoms with Crippen LogP contribution in [0.25, 0.3) is 0 Å². The molecule has 5 nitrogen and oxygen atoms in total. The summed E-state index contributed by atoms with van der Waals surface area (Å²) in [4.78, 5) is 14.8. The molecular formula is C14H21NO4S. The Morgan fingerprint density at radius 1 is 1.65 bits per heavy atom. The van der Waals surface area contributed by atoms with Gasteiger partial charge in [0.15, 0.2) is 0 Å². The van der Waals surface area contributed by atoms with Crippen molar-refractivity contribution >= 4 is 17.3 Å². The van der Waals surface area contributed by atoms with Crippen LogP contribution < -0.4 is 0 Å². The Bertz CT molecular complexity index is 484. The van der Waals surface area contributed by atoms with E-state index in [9.17, 15) is 4.79 Å². The monoisotopic (exact) mass is 299 g/mol. The van der Waals surface area contributed by atoms with Crippen LogP contribution in [0.3, 0.4) is 0 Å². The summed E-state index contributed by atoms with van der Waals surface area (Å²) in [5, 5.41) is 9.04. The normalized spacial score (nSPS) is 23.9. The SMILES string of the molecule is COCC1(C)CN(Cc2cc(C(=O)O)sc2C)CCO1. The number of hydrogen-bond acceptors (Lipinski definition) is 5. The Balaban J connectivity index is 2.04. The van der Waals surface area contributed by atoms with Gasteiger partial charge in [-0.1, -0.05) is 0 Å². The number of hydrogen-bond donors (Lipinski definition) is 1. The van der Waals surface area contributed by atoms with Gasteiger partial charge >= 0.3 is 5.97 Å². The van der Waals surface area contributed by atoms with Crippen molar-refractivity contribution in [1.82, 2.24) is 4.90 Å². The summed E-state index contributed by atoms with van der Waals surface area (Å²) < 4.78 is 11.0. The molecule has 1 saturated heterocycles. The molecule has 1 atom stereocenters. The third kappa shape index (κ3) is 3.58. The van der Waals surface area contributed by atoms with Crippen molar-refractivity contribution in [3.63, 3.8) is 0 Å². The van der Waals surface area contributed by atoms with Gasteiger partial charge in [-0.2, -0.15) is 0 Å². The number of morpholine rings is 1. The van der Waals surface area contributed by atoms with E-state index in [1.807, 2.05) is 13.8 Å². The lowest BCUT2D eigenvalue weighted by Crippen LogP contribution is -2.52. The second kappa shape index (κ2) is 6.22. The Labute approximate surface area is 123 Å². The molecule has 2 rings (SSSR count). The minimum atomic E-state index is -0.851. The molecule has 0 amide bonds. The number of rotatable bonds is 5. The molecule has 1 aromatic heterocycles. The smallest absolute Gasteiger partial charge is 0.345 e. The molecule has 2 heterocycles. The van der Waals surface area contributed by atoms with Crippen LogP contribution in [0, 0.1) is 6.92 Å². The van der Waals surface area contributed by atoms with Gasteiger partial charge in [-0.3, -0.25) is 4.90 Å². The standard InChI is InChI=1S/C14H21NO4S/c1-10-11(6-12(20-10)13(16)17)7-15-4-5-19-14(2,8-15)9-18-3/h6H,4-5,7-9H2,1-3H3,(H,16,17). The van der Waals surface area contributed by atoms with E-state index in [1.165, 1.54) is 11.3 Å². The second-order valence-electron chi connectivity index (χ2n) is 5.44. The van der Waals surface area contributed by atoms with Gasteiger partial charge in [-0.25, -0.2) is 4.79 Å². The van der Waals surface area contributed by atoms with E-state index in [2.05, 4.69) is 4.90 Å². The lowest BCUT2D eigenvalue weighted by Gasteiger charge is -2.40.